The summed E-state index contributed by atoms with van der Waals surface area (Å²) in [5.74, 6) is -2.09. The maximum absolute atomic E-state index is 13.0. The minimum Gasteiger partial charge on any atom is -0.298 e. The van der Waals surface area contributed by atoms with E-state index in [1.807, 2.05) is 102 Å². The van der Waals surface area contributed by atoms with Crippen LogP contribution in [0, 0.1) is 29.1 Å². The number of ketones is 3. The second kappa shape index (κ2) is 11.4. The molecule has 0 unspecified atom stereocenters. The molecule has 1 aromatic carbocycles. The lowest BCUT2D eigenvalue weighted by molar-refractivity contribution is -0.165. The van der Waals surface area contributed by atoms with Gasteiger partial charge in [0.05, 0.1) is 0 Å². The fraction of sp³-hybridized carbons (Fsp3) is 0.654. The molecule has 2 rings (SSSR count). The third kappa shape index (κ3) is 5.05. The van der Waals surface area contributed by atoms with E-state index in [9.17, 15) is 14.4 Å². The predicted molar refractivity (Wildman–Crippen MR) is 124 cm³/mol. The van der Waals surface area contributed by atoms with Gasteiger partial charge >= 0.3 is 0 Å². The Bertz CT molecular complexity index is 664. The van der Waals surface area contributed by atoms with Crippen molar-refractivity contribution >= 4 is 17.3 Å². The number of Topliss-reactive ketones (excluding diaryl/α,β-unsaturated/α-hetero) is 3. The molecule has 0 saturated heterocycles. The lowest BCUT2D eigenvalue weighted by Crippen LogP contribution is -2.63. The number of carbonyl (C=O) groups is 3. The van der Waals surface area contributed by atoms with Crippen molar-refractivity contribution < 1.29 is 14.4 Å². The van der Waals surface area contributed by atoms with Crippen molar-refractivity contribution in [1.82, 2.24) is 0 Å². The molecule has 166 valence electrons. The number of carbonyl (C=O) groups excluding carboxylic acids is 3. The highest BCUT2D eigenvalue weighted by molar-refractivity contribution is 6.28. The van der Waals surface area contributed by atoms with E-state index in [2.05, 4.69) is 0 Å². The summed E-state index contributed by atoms with van der Waals surface area (Å²) in [4.78, 5) is 39.1. The first-order valence-corrected chi connectivity index (χ1v) is 11.1. The molecule has 3 nitrogen and oxygen atoms in total. The molecule has 29 heavy (non-hydrogen) atoms. The first kappa shape index (κ1) is 29.4. The molecule has 1 saturated carbocycles. The van der Waals surface area contributed by atoms with Gasteiger partial charge in [-0.25, -0.2) is 0 Å². The Balaban J connectivity index is 0. The zero-order chi connectivity index (χ0) is 23.8. The van der Waals surface area contributed by atoms with Crippen LogP contribution in [-0.2, 0) is 9.59 Å². The van der Waals surface area contributed by atoms with Crippen LogP contribution in [0.5, 0.6) is 0 Å². The summed E-state index contributed by atoms with van der Waals surface area (Å²) in [5, 5.41) is 0. The molecule has 0 bridgehead atoms. The summed E-state index contributed by atoms with van der Waals surface area (Å²) in [6, 6.07) is 7.12. The number of aryl methyl sites for hydroxylation is 1. The molecule has 1 fully saturated rings. The Morgan fingerprint density at radius 1 is 0.724 bits per heavy atom. The molecule has 1 aliphatic carbocycles. The van der Waals surface area contributed by atoms with Gasteiger partial charge in [0.15, 0.2) is 17.3 Å². The van der Waals surface area contributed by atoms with Crippen LogP contribution in [0.25, 0.3) is 0 Å². The van der Waals surface area contributed by atoms with Crippen LogP contribution in [-0.4, -0.2) is 17.3 Å². The van der Waals surface area contributed by atoms with Gasteiger partial charge in [-0.3, -0.25) is 14.4 Å². The van der Waals surface area contributed by atoms with Gasteiger partial charge < -0.3 is 0 Å². The second-order valence-electron chi connectivity index (χ2n) is 8.22. The molecule has 0 atom stereocenters. The molecule has 3 heteroatoms. The highest BCUT2D eigenvalue weighted by Gasteiger charge is 2.64. The van der Waals surface area contributed by atoms with Crippen molar-refractivity contribution in [1.29, 1.82) is 0 Å². The average molecular weight is 405 g/mol. The lowest BCUT2D eigenvalue weighted by atomic mass is 9.45. The molecule has 1 aromatic rings. The third-order valence-corrected chi connectivity index (χ3v) is 6.55. The first-order chi connectivity index (χ1) is 13.4. The van der Waals surface area contributed by atoms with E-state index in [0.717, 1.165) is 5.56 Å². The van der Waals surface area contributed by atoms with Crippen molar-refractivity contribution in [2.45, 2.75) is 90.0 Å². The second-order valence-corrected chi connectivity index (χ2v) is 8.22. The molecule has 0 radical (unpaired) electrons. The number of benzene rings is 1. The van der Waals surface area contributed by atoms with Crippen molar-refractivity contribution in [3.05, 3.63) is 35.4 Å². The molecule has 0 aliphatic heterocycles. The van der Waals surface area contributed by atoms with Gasteiger partial charge in [-0.1, -0.05) is 107 Å². The topological polar surface area (TPSA) is 51.2 Å². The van der Waals surface area contributed by atoms with Crippen LogP contribution in [0.15, 0.2) is 24.3 Å². The fourth-order valence-corrected chi connectivity index (χ4v) is 3.48. The average Bonchev–Trinajstić information content (AvgIpc) is 2.71. The molecule has 0 spiro atoms. The van der Waals surface area contributed by atoms with E-state index in [1.54, 1.807) is 12.1 Å². The molecule has 0 aromatic heterocycles. The highest BCUT2D eigenvalue weighted by atomic mass is 16.2. The van der Waals surface area contributed by atoms with E-state index in [0.29, 0.717) is 5.56 Å². The molecular formula is C26H44O3. The number of rotatable bonds is 2. The lowest BCUT2D eigenvalue weighted by Gasteiger charge is -2.55. The third-order valence-electron chi connectivity index (χ3n) is 6.55. The number of hydrogen-bond donors (Lipinski definition) is 0. The van der Waals surface area contributed by atoms with E-state index in [4.69, 9.17) is 0 Å². The van der Waals surface area contributed by atoms with Gasteiger partial charge in [-0.2, -0.15) is 0 Å². The van der Waals surface area contributed by atoms with Gasteiger partial charge in [0.25, 0.3) is 0 Å². The Morgan fingerprint density at radius 3 is 1.41 bits per heavy atom. The van der Waals surface area contributed by atoms with E-state index in [1.165, 1.54) is 0 Å². The van der Waals surface area contributed by atoms with Gasteiger partial charge in [-0.15, -0.1) is 0 Å². The largest absolute Gasteiger partial charge is 0.298 e. The van der Waals surface area contributed by atoms with Crippen LogP contribution in [0.4, 0.5) is 0 Å². The van der Waals surface area contributed by atoms with Crippen LogP contribution in [0.3, 0.4) is 0 Å². The Kier molecular flexibility index (Phi) is 11.6. The summed E-state index contributed by atoms with van der Waals surface area (Å²) >= 11 is 0. The summed E-state index contributed by atoms with van der Waals surface area (Å²) in [7, 11) is 0. The first-order valence-electron chi connectivity index (χ1n) is 11.1. The Hall–Kier alpha value is -1.77. The number of hydrogen-bond acceptors (Lipinski definition) is 3. The summed E-state index contributed by atoms with van der Waals surface area (Å²) < 4.78 is 0. The highest BCUT2D eigenvalue weighted by Crippen LogP contribution is 2.57. The maximum atomic E-state index is 13.0. The monoisotopic (exact) mass is 404 g/mol. The van der Waals surface area contributed by atoms with Crippen LogP contribution in [0.1, 0.15) is 99.0 Å². The van der Waals surface area contributed by atoms with Crippen molar-refractivity contribution in [3.8, 4) is 0 Å². The standard InChI is InChI=1S/C20H26O3.3C2H6/c1-12-10-8-9-11-13(12)15(21)14-16(22)18(2,3)20(6,7)19(4,5)17(14)23;3*1-2/h8-11,14H,1-7H3;3*1-2H3. The molecule has 0 heterocycles. The quantitative estimate of drug-likeness (QED) is 0.390. The molecule has 1 aliphatic rings. The van der Waals surface area contributed by atoms with Crippen LogP contribution >= 0.6 is 0 Å². The van der Waals surface area contributed by atoms with Gasteiger partial charge in [0, 0.05) is 16.4 Å². The van der Waals surface area contributed by atoms with E-state index >= 15 is 0 Å². The Labute approximate surface area is 179 Å². The molecular weight excluding hydrogens is 360 g/mol. The summed E-state index contributed by atoms with van der Waals surface area (Å²) in [6.07, 6.45) is 0. The predicted octanol–water partition coefficient (Wildman–Crippen LogP) is 7.10. The van der Waals surface area contributed by atoms with Crippen LogP contribution in [0.2, 0.25) is 0 Å². The zero-order valence-electron chi connectivity index (χ0n) is 21.1. The molecule has 0 N–H and O–H groups in total. The van der Waals surface area contributed by atoms with Crippen molar-refractivity contribution in [3.63, 3.8) is 0 Å². The van der Waals surface area contributed by atoms with E-state index in [-0.39, 0.29) is 17.3 Å². The smallest absolute Gasteiger partial charge is 0.181 e. The molecule has 0 amide bonds. The van der Waals surface area contributed by atoms with E-state index < -0.39 is 22.2 Å². The summed E-state index contributed by atoms with van der Waals surface area (Å²) in [5.41, 5.74) is -0.790. The SMILES string of the molecule is CC.CC.CC.Cc1ccccc1C(=O)C1C(=O)C(C)(C)C(C)(C)C(C)(C)C1=O. The van der Waals surface area contributed by atoms with Crippen LogP contribution < -0.4 is 0 Å². The van der Waals surface area contributed by atoms with Crippen molar-refractivity contribution in [2.24, 2.45) is 22.2 Å². The minimum atomic E-state index is -1.20. The van der Waals surface area contributed by atoms with Gasteiger partial charge in [-0.05, 0) is 17.9 Å². The van der Waals surface area contributed by atoms with Gasteiger partial charge in [0.2, 0.25) is 0 Å². The fourth-order valence-electron chi connectivity index (χ4n) is 3.48. The summed E-state index contributed by atoms with van der Waals surface area (Å²) in [6.45, 7) is 25.1. The minimum absolute atomic E-state index is 0.264. The van der Waals surface area contributed by atoms with Gasteiger partial charge in [0.1, 0.15) is 5.92 Å². The zero-order valence-corrected chi connectivity index (χ0v) is 21.1. The maximum Gasteiger partial charge on any atom is 0.181 e. The normalized spacial score (nSPS) is 18.8. The van der Waals surface area contributed by atoms with Crippen molar-refractivity contribution in [2.75, 3.05) is 0 Å². The Morgan fingerprint density at radius 2 is 1.07 bits per heavy atom.